The molecule has 3 rings (SSSR count). The summed E-state index contributed by atoms with van der Waals surface area (Å²) in [6, 6.07) is 8.01. The molecule has 1 aromatic rings. The summed E-state index contributed by atoms with van der Waals surface area (Å²) < 4.78 is 5.79. The quantitative estimate of drug-likeness (QED) is 0.394. The van der Waals surface area contributed by atoms with Gasteiger partial charge >= 0.3 is 0 Å². The molecule has 1 aromatic carbocycles. The molecule has 0 bridgehead atoms. The normalized spacial score (nSPS) is 25.8. The highest BCUT2D eigenvalue weighted by Crippen LogP contribution is 2.31. The van der Waals surface area contributed by atoms with Crippen molar-refractivity contribution in [2.24, 2.45) is 4.99 Å². The van der Waals surface area contributed by atoms with E-state index in [-0.39, 0.29) is 11.8 Å². The van der Waals surface area contributed by atoms with E-state index >= 15 is 0 Å². The number of carbonyl (C=O) groups excluding carboxylic acids is 1. The first kappa shape index (κ1) is 20.6. The number of fused-ring (bicyclic) bond motifs is 1. The maximum atomic E-state index is 12.0. The van der Waals surface area contributed by atoms with Crippen LogP contribution in [0.5, 0.6) is 0 Å². The van der Waals surface area contributed by atoms with Crippen LogP contribution in [-0.4, -0.2) is 68.7 Å². The lowest BCUT2D eigenvalue weighted by atomic mass is 9.90. The molecule has 2 heterocycles. The Morgan fingerprint density at radius 2 is 2.00 bits per heavy atom. The maximum Gasteiger partial charge on any atom is 0.225 e. The number of amides is 1. The number of benzene rings is 1. The lowest BCUT2D eigenvalue weighted by Crippen LogP contribution is -2.46. The fourth-order valence-corrected chi connectivity index (χ4v) is 4.10. The van der Waals surface area contributed by atoms with E-state index in [1.165, 1.54) is 5.56 Å². The van der Waals surface area contributed by atoms with Gasteiger partial charge in [-0.1, -0.05) is 18.2 Å². The third-order valence-electron chi connectivity index (χ3n) is 5.28. The summed E-state index contributed by atoms with van der Waals surface area (Å²) in [6.07, 6.45) is 2.16. The van der Waals surface area contributed by atoms with Crippen LogP contribution in [0.25, 0.3) is 0 Å². The number of ether oxygens (including phenoxy) is 1. The monoisotopic (exact) mass is 387 g/mol. The Balaban J connectivity index is 1.41. The van der Waals surface area contributed by atoms with E-state index in [1.54, 1.807) is 7.05 Å². The summed E-state index contributed by atoms with van der Waals surface area (Å²) in [5.41, 5.74) is 2.10. The molecule has 1 fully saturated rings. The molecule has 2 aliphatic heterocycles. The van der Waals surface area contributed by atoms with Crippen LogP contribution in [0.1, 0.15) is 38.2 Å². The van der Waals surface area contributed by atoms with Gasteiger partial charge in [-0.2, -0.15) is 0 Å². The Morgan fingerprint density at radius 1 is 1.25 bits per heavy atom. The van der Waals surface area contributed by atoms with Crippen LogP contribution < -0.4 is 16.0 Å². The van der Waals surface area contributed by atoms with Gasteiger partial charge < -0.3 is 20.7 Å². The standard InChI is InChI=1S/C21H33N5O2/c1-15-13-26(14-16(2)28-15)10-6-9-23-21(22-3)24-12-17-11-20(27)25-19-8-5-4-7-18(17)19/h4-5,7-8,15-17H,6,9-14H2,1-3H3,(H,25,27)(H2,22,23,24). The van der Waals surface area contributed by atoms with E-state index in [1.807, 2.05) is 18.2 Å². The molecule has 3 unspecified atom stereocenters. The third kappa shape index (κ3) is 5.69. The van der Waals surface area contributed by atoms with E-state index in [0.717, 1.165) is 44.2 Å². The molecule has 7 heteroatoms. The Labute approximate surface area is 167 Å². The highest BCUT2D eigenvalue weighted by molar-refractivity contribution is 5.94. The molecule has 7 nitrogen and oxygen atoms in total. The minimum atomic E-state index is 0.0717. The molecule has 2 aliphatic rings. The average molecular weight is 388 g/mol. The first-order valence-corrected chi connectivity index (χ1v) is 10.3. The molecule has 28 heavy (non-hydrogen) atoms. The third-order valence-corrected chi connectivity index (χ3v) is 5.28. The number of hydrogen-bond donors (Lipinski definition) is 3. The van der Waals surface area contributed by atoms with Crippen LogP contribution in [0.15, 0.2) is 29.3 Å². The van der Waals surface area contributed by atoms with Gasteiger partial charge in [0, 0.05) is 57.8 Å². The number of morpholine rings is 1. The van der Waals surface area contributed by atoms with Crippen LogP contribution in [0, 0.1) is 0 Å². The largest absolute Gasteiger partial charge is 0.373 e. The Morgan fingerprint density at radius 3 is 2.75 bits per heavy atom. The second-order valence-electron chi connectivity index (χ2n) is 7.79. The summed E-state index contributed by atoms with van der Waals surface area (Å²) >= 11 is 0. The molecule has 1 amide bonds. The maximum absolute atomic E-state index is 12.0. The fourth-order valence-electron chi connectivity index (χ4n) is 4.10. The van der Waals surface area contributed by atoms with Crippen LogP contribution >= 0.6 is 0 Å². The van der Waals surface area contributed by atoms with Crippen LogP contribution in [0.4, 0.5) is 5.69 Å². The Hall–Kier alpha value is -2.12. The number of para-hydroxylation sites is 1. The zero-order valence-electron chi connectivity index (χ0n) is 17.2. The predicted molar refractivity (Wildman–Crippen MR) is 113 cm³/mol. The van der Waals surface area contributed by atoms with Crippen molar-refractivity contribution in [2.45, 2.75) is 44.8 Å². The Kier molecular flexibility index (Phi) is 7.28. The number of guanidine groups is 1. The van der Waals surface area contributed by atoms with Gasteiger partial charge in [-0.3, -0.25) is 14.7 Å². The van der Waals surface area contributed by atoms with E-state index < -0.39 is 0 Å². The zero-order valence-corrected chi connectivity index (χ0v) is 17.2. The molecule has 154 valence electrons. The molecule has 3 atom stereocenters. The van der Waals surface area contributed by atoms with Crippen molar-refractivity contribution in [2.75, 3.05) is 45.1 Å². The molecule has 3 N–H and O–H groups in total. The van der Waals surface area contributed by atoms with Gasteiger partial charge in [0.15, 0.2) is 5.96 Å². The minimum absolute atomic E-state index is 0.0717. The molecular formula is C21H33N5O2. The molecule has 0 saturated carbocycles. The number of hydrogen-bond acceptors (Lipinski definition) is 4. The van der Waals surface area contributed by atoms with Gasteiger partial charge in [-0.05, 0) is 31.9 Å². The number of anilines is 1. The van der Waals surface area contributed by atoms with E-state index in [0.29, 0.717) is 25.2 Å². The summed E-state index contributed by atoms with van der Waals surface area (Å²) in [5.74, 6) is 1.01. The minimum Gasteiger partial charge on any atom is -0.373 e. The van der Waals surface area contributed by atoms with Gasteiger partial charge in [0.2, 0.25) is 5.91 Å². The topological polar surface area (TPSA) is 78.0 Å². The molecular weight excluding hydrogens is 354 g/mol. The predicted octanol–water partition coefficient (Wildman–Crippen LogP) is 1.78. The summed E-state index contributed by atoms with van der Waals surface area (Å²) in [4.78, 5) is 18.7. The van der Waals surface area contributed by atoms with Gasteiger partial charge in [-0.15, -0.1) is 0 Å². The van der Waals surface area contributed by atoms with Crippen molar-refractivity contribution in [3.63, 3.8) is 0 Å². The smallest absolute Gasteiger partial charge is 0.225 e. The second-order valence-corrected chi connectivity index (χ2v) is 7.79. The lowest BCUT2D eigenvalue weighted by Gasteiger charge is -2.35. The highest BCUT2D eigenvalue weighted by Gasteiger charge is 2.25. The van der Waals surface area contributed by atoms with Crippen molar-refractivity contribution in [1.82, 2.24) is 15.5 Å². The zero-order chi connectivity index (χ0) is 19.9. The van der Waals surface area contributed by atoms with Crippen LogP contribution in [0.2, 0.25) is 0 Å². The van der Waals surface area contributed by atoms with E-state index in [2.05, 4.69) is 45.8 Å². The van der Waals surface area contributed by atoms with Crippen LogP contribution in [0.3, 0.4) is 0 Å². The van der Waals surface area contributed by atoms with E-state index in [4.69, 9.17) is 4.74 Å². The van der Waals surface area contributed by atoms with Crippen molar-refractivity contribution < 1.29 is 9.53 Å². The highest BCUT2D eigenvalue weighted by atomic mass is 16.5. The SMILES string of the molecule is CN=C(NCCCN1CC(C)OC(C)C1)NCC1CC(=O)Nc2ccccc21. The fraction of sp³-hybridized carbons (Fsp3) is 0.619. The van der Waals surface area contributed by atoms with Gasteiger partial charge in [-0.25, -0.2) is 0 Å². The second kappa shape index (κ2) is 9.89. The first-order chi connectivity index (χ1) is 13.5. The van der Waals surface area contributed by atoms with Gasteiger partial charge in [0.1, 0.15) is 0 Å². The molecule has 0 aromatic heterocycles. The Bertz CT molecular complexity index is 683. The molecule has 0 aliphatic carbocycles. The number of aliphatic imine (C=N–C) groups is 1. The van der Waals surface area contributed by atoms with Crippen molar-refractivity contribution in [3.8, 4) is 0 Å². The summed E-state index contributed by atoms with van der Waals surface area (Å²) in [6.45, 7) is 8.87. The number of nitrogens with one attached hydrogen (secondary N) is 3. The van der Waals surface area contributed by atoms with E-state index in [9.17, 15) is 4.79 Å². The molecule has 1 saturated heterocycles. The van der Waals surface area contributed by atoms with Gasteiger partial charge in [0.25, 0.3) is 0 Å². The van der Waals surface area contributed by atoms with Crippen molar-refractivity contribution in [3.05, 3.63) is 29.8 Å². The summed E-state index contributed by atoms with van der Waals surface area (Å²) in [5, 5.41) is 9.71. The summed E-state index contributed by atoms with van der Waals surface area (Å²) in [7, 11) is 1.78. The number of rotatable bonds is 6. The van der Waals surface area contributed by atoms with Crippen LogP contribution in [-0.2, 0) is 9.53 Å². The van der Waals surface area contributed by atoms with Crippen molar-refractivity contribution >= 4 is 17.6 Å². The lowest BCUT2D eigenvalue weighted by molar-refractivity contribution is -0.116. The average Bonchev–Trinajstić information content (AvgIpc) is 2.66. The first-order valence-electron chi connectivity index (χ1n) is 10.3. The van der Waals surface area contributed by atoms with Crippen molar-refractivity contribution in [1.29, 1.82) is 0 Å². The van der Waals surface area contributed by atoms with Gasteiger partial charge in [0.05, 0.1) is 12.2 Å². The molecule has 0 spiro atoms. The number of nitrogens with zero attached hydrogens (tertiary/aromatic N) is 2. The molecule has 0 radical (unpaired) electrons. The number of carbonyl (C=O) groups is 1.